The third-order valence-corrected chi connectivity index (χ3v) is 5.28. The van der Waals surface area contributed by atoms with Crippen molar-refractivity contribution in [1.82, 2.24) is 15.5 Å². The van der Waals surface area contributed by atoms with Gasteiger partial charge in [0.2, 0.25) is 12.0 Å². The number of likely N-dealkylation sites (tertiary alicyclic amines) is 1. The maximum atomic E-state index is 12.9. The summed E-state index contributed by atoms with van der Waals surface area (Å²) in [5, 5.41) is 4.43. The molecule has 31 heavy (non-hydrogen) atoms. The molecule has 1 aliphatic rings. The highest BCUT2D eigenvalue weighted by Gasteiger charge is 2.39. The van der Waals surface area contributed by atoms with Gasteiger partial charge in [-0.3, -0.25) is 19.7 Å². The van der Waals surface area contributed by atoms with E-state index in [4.69, 9.17) is 4.74 Å². The molecule has 0 radical (unpaired) electrons. The molecule has 2 aromatic carbocycles. The smallest absolute Gasteiger partial charge is 0.321 e. The molecule has 8 nitrogen and oxygen atoms in total. The van der Waals surface area contributed by atoms with Crippen molar-refractivity contribution in [2.75, 3.05) is 13.6 Å². The Morgan fingerprint density at radius 3 is 2.16 bits per heavy atom. The predicted molar refractivity (Wildman–Crippen MR) is 113 cm³/mol. The highest BCUT2D eigenvalue weighted by Crippen LogP contribution is 2.30. The third kappa shape index (κ3) is 5.28. The van der Waals surface area contributed by atoms with E-state index in [1.807, 2.05) is 37.3 Å². The molecule has 3 atom stereocenters. The molecule has 0 unspecified atom stereocenters. The molecule has 0 aromatic heterocycles. The molecular weight excluding hydrogens is 398 g/mol. The van der Waals surface area contributed by atoms with Crippen molar-refractivity contribution in [2.24, 2.45) is 5.92 Å². The molecule has 4 amide bonds. The van der Waals surface area contributed by atoms with E-state index in [1.54, 1.807) is 35.2 Å². The molecule has 0 aliphatic carbocycles. The van der Waals surface area contributed by atoms with Gasteiger partial charge in [-0.25, -0.2) is 4.79 Å². The van der Waals surface area contributed by atoms with E-state index in [0.29, 0.717) is 5.56 Å². The Morgan fingerprint density at radius 1 is 1.00 bits per heavy atom. The molecule has 162 valence electrons. The Kier molecular flexibility index (Phi) is 7.02. The van der Waals surface area contributed by atoms with Crippen molar-refractivity contribution in [3.05, 3.63) is 71.8 Å². The molecule has 2 N–H and O–H groups in total. The molecule has 3 rings (SSSR count). The maximum absolute atomic E-state index is 12.9. The fourth-order valence-electron chi connectivity index (χ4n) is 3.53. The van der Waals surface area contributed by atoms with Gasteiger partial charge < -0.3 is 15.0 Å². The number of carbonyl (C=O) groups excluding carboxylic acids is 4. The number of esters is 1. The van der Waals surface area contributed by atoms with Crippen LogP contribution >= 0.6 is 0 Å². The van der Waals surface area contributed by atoms with Crippen molar-refractivity contribution in [2.45, 2.75) is 25.5 Å². The number of nitrogens with zero attached hydrogens (tertiary/aromatic N) is 1. The zero-order chi connectivity index (χ0) is 22.4. The number of amides is 4. The first-order valence-electron chi connectivity index (χ1n) is 10.0. The van der Waals surface area contributed by atoms with Crippen molar-refractivity contribution in [1.29, 1.82) is 0 Å². The van der Waals surface area contributed by atoms with Crippen LogP contribution in [0.5, 0.6) is 0 Å². The van der Waals surface area contributed by atoms with Gasteiger partial charge in [0.25, 0.3) is 5.91 Å². The minimum Gasteiger partial charge on any atom is -0.447 e. The Labute approximate surface area is 180 Å². The van der Waals surface area contributed by atoms with Crippen LogP contribution < -0.4 is 10.6 Å². The monoisotopic (exact) mass is 423 g/mol. The SMILES string of the molecule is CNC(=O)NC(=O)[C@@H](OC(=O)[C@H]1CC(=O)N([C@H](C)c2ccccc2)C1)c1ccccc1. The first-order valence-corrected chi connectivity index (χ1v) is 10.0. The summed E-state index contributed by atoms with van der Waals surface area (Å²) in [5.41, 5.74) is 1.40. The van der Waals surface area contributed by atoms with Crippen molar-refractivity contribution in [3.63, 3.8) is 0 Å². The van der Waals surface area contributed by atoms with Gasteiger partial charge >= 0.3 is 12.0 Å². The lowest BCUT2D eigenvalue weighted by Crippen LogP contribution is -2.41. The van der Waals surface area contributed by atoms with Gasteiger partial charge in [-0.1, -0.05) is 60.7 Å². The van der Waals surface area contributed by atoms with Gasteiger partial charge in [0, 0.05) is 25.6 Å². The summed E-state index contributed by atoms with van der Waals surface area (Å²) in [4.78, 5) is 51.2. The van der Waals surface area contributed by atoms with Crippen LogP contribution in [0.15, 0.2) is 60.7 Å². The normalized spacial score (nSPS) is 17.5. The summed E-state index contributed by atoms with van der Waals surface area (Å²) in [7, 11) is 1.37. The minimum atomic E-state index is -1.30. The Bertz CT molecular complexity index is 948. The van der Waals surface area contributed by atoms with Crippen LogP contribution in [-0.4, -0.2) is 42.3 Å². The number of hydrogen-bond donors (Lipinski definition) is 2. The quantitative estimate of drug-likeness (QED) is 0.694. The first-order chi connectivity index (χ1) is 14.9. The number of benzene rings is 2. The summed E-state index contributed by atoms with van der Waals surface area (Å²) in [6, 6.07) is 17.1. The van der Waals surface area contributed by atoms with E-state index >= 15 is 0 Å². The molecule has 0 bridgehead atoms. The van der Waals surface area contributed by atoms with E-state index < -0.39 is 29.9 Å². The first kappa shape index (κ1) is 22.0. The standard InChI is InChI=1S/C23H25N3O5/c1-15(16-9-5-3-6-10-16)26-14-18(13-19(26)27)22(29)31-20(17-11-7-4-8-12-17)21(28)25-23(30)24-2/h3-12,15,18,20H,13-14H2,1-2H3,(H2,24,25,28,30)/t15-,18+,20+/m1/s1. The highest BCUT2D eigenvalue weighted by molar-refractivity contribution is 5.98. The molecule has 1 saturated heterocycles. The van der Waals surface area contributed by atoms with Crippen LogP contribution in [0.1, 0.15) is 36.6 Å². The topological polar surface area (TPSA) is 105 Å². The Morgan fingerprint density at radius 2 is 1.58 bits per heavy atom. The number of hydrogen-bond acceptors (Lipinski definition) is 5. The second kappa shape index (κ2) is 9.88. The van der Waals surface area contributed by atoms with E-state index in [1.165, 1.54) is 7.05 Å². The van der Waals surface area contributed by atoms with Crippen LogP contribution in [0.2, 0.25) is 0 Å². The largest absolute Gasteiger partial charge is 0.447 e. The zero-order valence-electron chi connectivity index (χ0n) is 17.4. The van der Waals surface area contributed by atoms with Crippen LogP contribution in [0.4, 0.5) is 4.79 Å². The molecule has 0 spiro atoms. The molecule has 8 heteroatoms. The van der Waals surface area contributed by atoms with Gasteiger partial charge in [0.05, 0.1) is 12.0 Å². The highest BCUT2D eigenvalue weighted by atomic mass is 16.5. The summed E-state index contributed by atoms with van der Waals surface area (Å²) in [6.07, 6.45) is -1.30. The number of nitrogens with one attached hydrogen (secondary N) is 2. The number of rotatable bonds is 6. The van der Waals surface area contributed by atoms with Gasteiger partial charge in [-0.05, 0) is 12.5 Å². The number of urea groups is 1. The van der Waals surface area contributed by atoms with Gasteiger partial charge in [0.15, 0.2) is 0 Å². The predicted octanol–water partition coefficient (Wildman–Crippen LogP) is 2.34. The number of imide groups is 1. The average molecular weight is 423 g/mol. The van der Waals surface area contributed by atoms with Gasteiger partial charge in [-0.15, -0.1) is 0 Å². The number of ether oxygens (including phenoxy) is 1. The van der Waals surface area contributed by atoms with Crippen LogP contribution in [0.25, 0.3) is 0 Å². The molecule has 1 aliphatic heterocycles. The molecule has 1 fully saturated rings. The number of carbonyl (C=O) groups is 4. The maximum Gasteiger partial charge on any atom is 0.321 e. The van der Waals surface area contributed by atoms with Crippen molar-refractivity contribution >= 4 is 23.8 Å². The molecule has 2 aromatic rings. The zero-order valence-corrected chi connectivity index (χ0v) is 17.4. The lowest BCUT2D eigenvalue weighted by molar-refractivity contribution is -0.159. The van der Waals surface area contributed by atoms with E-state index in [-0.39, 0.29) is 24.9 Å². The van der Waals surface area contributed by atoms with Gasteiger partial charge in [-0.2, -0.15) is 0 Å². The summed E-state index contributed by atoms with van der Waals surface area (Å²) in [6.45, 7) is 2.11. The summed E-state index contributed by atoms with van der Waals surface area (Å²) >= 11 is 0. The average Bonchev–Trinajstić information content (AvgIpc) is 3.19. The van der Waals surface area contributed by atoms with Gasteiger partial charge in [0.1, 0.15) is 0 Å². The third-order valence-electron chi connectivity index (χ3n) is 5.28. The summed E-state index contributed by atoms with van der Waals surface area (Å²) < 4.78 is 5.50. The molecule has 0 saturated carbocycles. The van der Waals surface area contributed by atoms with E-state index in [9.17, 15) is 19.2 Å². The van der Waals surface area contributed by atoms with Crippen LogP contribution in [-0.2, 0) is 19.1 Å². The van der Waals surface area contributed by atoms with E-state index in [2.05, 4.69) is 10.6 Å². The fraction of sp³-hybridized carbons (Fsp3) is 0.304. The lowest BCUT2D eigenvalue weighted by Gasteiger charge is -2.25. The molecular formula is C23H25N3O5. The van der Waals surface area contributed by atoms with E-state index in [0.717, 1.165) is 5.56 Å². The Hall–Kier alpha value is -3.68. The lowest BCUT2D eigenvalue weighted by atomic mass is 10.1. The second-order valence-electron chi connectivity index (χ2n) is 7.33. The fourth-order valence-corrected chi connectivity index (χ4v) is 3.53. The van der Waals surface area contributed by atoms with Crippen molar-refractivity contribution < 1.29 is 23.9 Å². The Balaban J connectivity index is 1.72. The van der Waals surface area contributed by atoms with Crippen molar-refractivity contribution in [3.8, 4) is 0 Å². The summed E-state index contributed by atoms with van der Waals surface area (Å²) in [5.74, 6) is -2.27. The molecule has 1 heterocycles. The minimum absolute atomic E-state index is 0.00851. The van der Waals surface area contributed by atoms with Crippen LogP contribution in [0.3, 0.4) is 0 Å². The van der Waals surface area contributed by atoms with Crippen LogP contribution in [0, 0.1) is 5.92 Å². The second-order valence-corrected chi connectivity index (χ2v) is 7.33.